The standard InChI is InChI=1S/C23H20N2O5/c1-15(23(27)24-13-16-6-10-20-21(12-16)29-14-28-20)30-22(26)11-9-18-8-7-17-4-2-3-5-19(17)25-18/h2-12,15H,13-14H2,1H3,(H,24,27)/b11-9+/t15-/m0/s1. The fourth-order valence-electron chi connectivity index (χ4n) is 2.98. The van der Waals surface area contributed by atoms with Crippen LogP contribution in [0.3, 0.4) is 0 Å². The van der Waals surface area contributed by atoms with E-state index in [-0.39, 0.29) is 13.3 Å². The molecule has 1 atom stereocenters. The summed E-state index contributed by atoms with van der Waals surface area (Å²) >= 11 is 0. The highest BCUT2D eigenvalue weighted by Gasteiger charge is 2.17. The Labute approximate surface area is 173 Å². The lowest BCUT2D eigenvalue weighted by atomic mass is 10.2. The highest BCUT2D eigenvalue weighted by molar-refractivity contribution is 5.90. The van der Waals surface area contributed by atoms with Crippen molar-refractivity contribution in [2.75, 3.05) is 6.79 Å². The minimum absolute atomic E-state index is 0.195. The molecule has 1 N–H and O–H groups in total. The summed E-state index contributed by atoms with van der Waals surface area (Å²) < 4.78 is 15.7. The van der Waals surface area contributed by atoms with Crippen LogP contribution < -0.4 is 14.8 Å². The zero-order valence-corrected chi connectivity index (χ0v) is 16.3. The van der Waals surface area contributed by atoms with Gasteiger partial charge < -0.3 is 19.5 Å². The molecule has 0 spiro atoms. The summed E-state index contributed by atoms with van der Waals surface area (Å²) in [4.78, 5) is 28.7. The van der Waals surface area contributed by atoms with Crippen molar-refractivity contribution >= 4 is 28.9 Å². The van der Waals surface area contributed by atoms with Crippen LogP contribution >= 0.6 is 0 Å². The van der Waals surface area contributed by atoms with Crippen molar-refractivity contribution in [3.8, 4) is 11.5 Å². The van der Waals surface area contributed by atoms with Gasteiger partial charge in [0, 0.05) is 18.0 Å². The largest absolute Gasteiger partial charge is 0.454 e. The number of aromatic nitrogens is 1. The third-order valence-corrected chi connectivity index (χ3v) is 4.58. The van der Waals surface area contributed by atoms with Gasteiger partial charge in [-0.25, -0.2) is 9.78 Å². The van der Waals surface area contributed by atoms with Crippen LogP contribution in [0.15, 0.2) is 60.7 Å². The van der Waals surface area contributed by atoms with Crippen LogP contribution in [-0.2, 0) is 20.9 Å². The third-order valence-electron chi connectivity index (χ3n) is 4.58. The molecule has 0 saturated carbocycles. The first-order valence-electron chi connectivity index (χ1n) is 9.49. The number of hydrogen-bond donors (Lipinski definition) is 1. The van der Waals surface area contributed by atoms with Crippen molar-refractivity contribution in [3.63, 3.8) is 0 Å². The molecular weight excluding hydrogens is 384 g/mol. The molecule has 2 aromatic carbocycles. The lowest BCUT2D eigenvalue weighted by molar-refractivity contribution is -0.150. The first-order chi connectivity index (χ1) is 14.6. The Kier molecular flexibility index (Phi) is 5.61. The SMILES string of the molecule is C[C@H](OC(=O)/C=C/c1ccc2ccccc2n1)C(=O)NCc1ccc2c(c1)OCO2. The zero-order valence-electron chi connectivity index (χ0n) is 16.3. The van der Waals surface area contributed by atoms with Gasteiger partial charge in [0.1, 0.15) is 0 Å². The van der Waals surface area contributed by atoms with Crippen LogP contribution in [-0.4, -0.2) is 29.8 Å². The molecule has 1 aromatic heterocycles. The molecule has 0 unspecified atom stereocenters. The summed E-state index contributed by atoms with van der Waals surface area (Å²) in [6.45, 7) is 2.00. The molecule has 152 valence electrons. The highest BCUT2D eigenvalue weighted by Crippen LogP contribution is 2.32. The predicted octanol–water partition coefficient (Wildman–Crippen LogP) is 3.22. The number of rotatable bonds is 6. The van der Waals surface area contributed by atoms with Crippen molar-refractivity contribution in [2.24, 2.45) is 0 Å². The second-order valence-corrected chi connectivity index (χ2v) is 6.75. The number of pyridine rings is 1. The average Bonchev–Trinajstić information content (AvgIpc) is 3.23. The van der Waals surface area contributed by atoms with E-state index in [0.29, 0.717) is 17.2 Å². The number of amides is 1. The molecule has 7 nitrogen and oxygen atoms in total. The van der Waals surface area contributed by atoms with Gasteiger partial charge in [0.2, 0.25) is 6.79 Å². The predicted molar refractivity (Wildman–Crippen MR) is 111 cm³/mol. The molecule has 7 heteroatoms. The van der Waals surface area contributed by atoms with Gasteiger partial charge in [0.15, 0.2) is 17.6 Å². The lowest BCUT2D eigenvalue weighted by Crippen LogP contribution is -2.35. The van der Waals surface area contributed by atoms with E-state index in [0.717, 1.165) is 16.5 Å². The van der Waals surface area contributed by atoms with Crippen molar-refractivity contribution in [3.05, 3.63) is 71.9 Å². The van der Waals surface area contributed by atoms with Gasteiger partial charge in [-0.1, -0.05) is 30.3 Å². The van der Waals surface area contributed by atoms with Crippen molar-refractivity contribution < 1.29 is 23.8 Å². The molecule has 4 rings (SSSR count). The van der Waals surface area contributed by atoms with Gasteiger partial charge >= 0.3 is 5.97 Å². The van der Waals surface area contributed by atoms with Gasteiger partial charge in [-0.2, -0.15) is 0 Å². The van der Waals surface area contributed by atoms with E-state index in [4.69, 9.17) is 14.2 Å². The maximum absolute atomic E-state index is 12.2. The summed E-state index contributed by atoms with van der Waals surface area (Å²) in [6.07, 6.45) is 1.89. The Morgan fingerprint density at radius 1 is 1.13 bits per heavy atom. The monoisotopic (exact) mass is 404 g/mol. The van der Waals surface area contributed by atoms with Crippen LogP contribution in [0.5, 0.6) is 11.5 Å². The van der Waals surface area contributed by atoms with Crippen LogP contribution in [0, 0.1) is 0 Å². The maximum atomic E-state index is 12.2. The maximum Gasteiger partial charge on any atom is 0.331 e. The fraction of sp³-hybridized carbons (Fsp3) is 0.174. The lowest BCUT2D eigenvalue weighted by Gasteiger charge is -2.12. The Bertz CT molecular complexity index is 1130. The quantitative estimate of drug-likeness (QED) is 0.501. The summed E-state index contributed by atoms with van der Waals surface area (Å²) in [5.74, 6) is 0.322. The number of ether oxygens (including phenoxy) is 3. The number of nitrogens with zero attached hydrogens (tertiary/aromatic N) is 1. The Hall–Kier alpha value is -3.87. The van der Waals surface area contributed by atoms with Crippen LogP contribution in [0.25, 0.3) is 17.0 Å². The number of fused-ring (bicyclic) bond motifs is 2. The molecule has 1 aliphatic heterocycles. The highest BCUT2D eigenvalue weighted by atomic mass is 16.7. The zero-order chi connectivity index (χ0) is 20.9. The number of para-hydroxylation sites is 1. The van der Waals surface area contributed by atoms with E-state index in [1.165, 1.54) is 13.0 Å². The third kappa shape index (κ3) is 4.57. The van der Waals surface area contributed by atoms with E-state index in [2.05, 4.69) is 10.3 Å². The molecule has 0 saturated heterocycles. The van der Waals surface area contributed by atoms with Gasteiger partial charge in [0.05, 0.1) is 11.2 Å². The van der Waals surface area contributed by atoms with Crippen molar-refractivity contribution in [1.82, 2.24) is 10.3 Å². The first-order valence-corrected chi connectivity index (χ1v) is 9.49. The van der Waals surface area contributed by atoms with Gasteiger partial charge in [-0.15, -0.1) is 0 Å². The Morgan fingerprint density at radius 2 is 1.97 bits per heavy atom. The number of benzene rings is 2. The Morgan fingerprint density at radius 3 is 2.87 bits per heavy atom. The second-order valence-electron chi connectivity index (χ2n) is 6.75. The van der Waals surface area contributed by atoms with E-state index < -0.39 is 18.0 Å². The number of carbonyl (C=O) groups is 2. The fourth-order valence-corrected chi connectivity index (χ4v) is 2.98. The first kappa shape index (κ1) is 19.4. The number of hydrogen-bond acceptors (Lipinski definition) is 6. The molecule has 1 amide bonds. The molecule has 2 heterocycles. The van der Waals surface area contributed by atoms with Crippen LogP contribution in [0.1, 0.15) is 18.2 Å². The van der Waals surface area contributed by atoms with Gasteiger partial charge in [-0.05, 0) is 42.8 Å². The normalized spacial score (nSPS) is 13.4. The summed E-state index contributed by atoms with van der Waals surface area (Å²) in [6, 6.07) is 16.9. The smallest absolute Gasteiger partial charge is 0.331 e. The van der Waals surface area contributed by atoms with Crippen LogP contribution in [0.2, 0.25) is 0 Å². The second kappa shape index (κ2) is 8.65. The molecule has 0 bridgehead atoms. The number of nitrogens with one attached hydrogen (secondary N) is 1. The molecule has 0 radical (unpaired) electrons. The van der Waals surface area contributed by atoms with Crippen molar-refractivity contribution in [1.29, 1.82) is 0 Å². The summed E-state index contributed by atoms with van der Waals surface area (Å²) in [5.41, 5.74) is 2.32. The topological polar surface area (TPSA) is 86.8 Å². The van der Waals surface area contributed by atoms with E-state index >= 15 is 0 Å². The molecule has 0 fully saturated rings. The van der Waals surface area contributed by atoms with E-state index in [1.807, 2.05) is 42.5 Å². The van der Waals surface area contributed by atoms with Gasteiger partial charge in [-0.3, -0.25) is 4.79 Å². The number of carbonyl (C=O) groups excluding carboxylic acids is 2. The minimum Gasteiger partial charge on any atom is -0.454 e. The van der Waals surface area contributed by atoms with Crippen molar-refractivity contribution in [2.45, 2.75) is 19.6 Å². The molecule has 3 aromatic rings. The Balaban J connectivity index is 1.28. The van der Waals surface area contributed by atoms with Crippen LogP contribution in [0.4, 0.5) is 0 Å². The molecule has 1 aliphatic rings. The van der Waals surface area contributed by atoms with E-state index in [1.54, 1.807) is 18.2 Å². The molecule has 30 heavy (non-hydrogen) atoms. The number of esters is 1. The summed E-state index contributed by atoms with van der Waals surface area (Å²) in [7, 11) is 0. The van der Waals surface area contributed by atoms with E-state index in [9.17, 15) is 9.59 Å². The van der Waals surface area contributed by atoms with Gasteiger partial charge in [0.25, 0.3) is 5.91 Å². The molecular formula is C23H20N2O5. The summed E-state index contributed by atoms with van der Waals surface area (Å²) in [5, 5.41) is 3.76. The minimum atomic E-state index is -0.930. The average molecular weight is 404 g/mol. The molecule has 0 aliphatic carbocycles.